The van der Waals surface area contributed by atoms with Gasteiger partial charge in [0, 0.05) is 23.7 Å². The third-order valence-corrected chi connectivity index (χ3v) is 8.79. The molecule has 0 spiro atoms. The Morgan fingerprint density at radius 3 is 0.958 bits per heavy atom. The van der Waals surface area contributed by atoms with Crippen molar-refractivity contribution in [2.75, 3.05) is 0 Å². The number of Topliss-reactive ketones (excluding diaryl/α,β-unsaturated/α-hetero) is 2. The van der Waals surface area contributed by atoms with Crippen molar-refractivity contribution in [2.24, 2.45) is 47.3 Å². The lowest BCUT2D eigenvalue weighted by atomic mass is 9.51. The van der Waals surface area contributed by atoms with Crippen LogP contribution in [0, 0.1) is 47.3 Å². The van der Waals surface area contributed by atoms with E-state index in [0.717, 1.165) is 49.4 Å². The highest BCUT2D eigenvalue weighted by Gasteiger charge is 2.55. The fourth-order valence-corrected chi connectivity index (χ4v) is 7.58. The maximum absolute atomic E-state index is 13.3. The molecule has 132 valence electrons. The van der Waals surface area contributed by atoms with Gasteiger partial charge >= 0.3 is 0 Å². The smallest absolute Gasteiger partial charge is 0.140 e. The summed E-state index contributed by atoms with van der Waals surface area (Å²) in [4.78, 5) is 26.7. The Balaban J connectivity index is 1.40. The van der Waals surface area contributed by atoms with E-state index >= 15 is 0 Å². The van der Waals surface area contributed by atoms with Crippen LogP contribution in [0.5, 0.6) is 0 Å². The molecule has 0 aromatic rings. The van der Waals surface area contributed by atoms with Gasteiger partial charge in [-0.25, -0.2) is 0 Å². The molecule has 0 amide bonds. The number of fused-ring (bicyclic) bond motifs is 4. The minimum atomic E-state index is 0.109. The van der Waals surface area contributed by atoms with Crippen LogP contribution >= 0.6 is 0 Å². The predicted octanol–water partition coefficient (Wildman–Crippen LogP) is 4.80. The van der Waals surface area contributed by atoms with Crippen LogP contribution in [0.25, 0.3) is 0 Å². The normalized spacial score (nSPS) is 51.2. The molecule has 8 atom stereocenters. The second-order valence-corrected chi connectivity index (χ2v) is 9.78. The van der Waals surface area contributed by atoms with Gasteiger partial charge in [-0.15, -0.1) is 0 Å². The first kappa shape index (κ1) is 15.6. The Labute approximate surface area is 146 Å². The highest BCUT2D eigenvalue weighted by molar-refractivity contribution is 5.99. The molecule has 0 radical (unpaired) electrons. The van der Waals surface area contributed by atoms with Crippen LogP contribution < -0.4 is 0 Å². The summed E-state index contributed by atoms with van der Waals surface area (Å²) in [5.41, 5.74) is 0. The molecule has 8 unspecified atom stereocenters. The van der Waals surface area contributed by atoms with Crippen LogP contribution in [0.3, 0.4) is 0 Å². The van der Waals surface area contributed by atoms with Crippen LogP contribution in [0.4, 0.5) is 0 Å². The largest absolute Gasteiger partial charge is 0.299 e. The molecule has 5 aliphatic carbocycles. The minimum absolute atomic E-state index is 0.109. The van der Waals surface area contributed by atoms with Gasteiger partial charge in [-0.2, -0.15) is 0 Å². The first-order valence-corrected chi connectivity index (χ1v) is 10.8. The molecule has 0 aromatic carbocycles. The molecule has 5 rings (SSSR count). The summed E-state index contributed by atoms with van der Waals surface area (Å²) in [5, 5.41) is 0. The van der Waals surface area contributed by atoms with Crippen molar-refractivity contribution in [3.05, 3.63) is 0 Å². The quantitative estimate of drug-likeness (QED) is 0.640. The lowest BCUT2D eigenvalue weighted by Gasteiger charge is -2.51. The molecule has 0 aliphatic heterocycles. The second-order valence-electron chi connectivity index (χ2n) is 9.78. The van der Waals surface area contributed by atoms with Crippen molar-refractivity contribution in [2.45, 2.75) is 77.0 Å². The molecule has 2 heteroatoms. The average molecular weight is 328 g/mol. The van der Waals surface area contributed by atoms with Gasteiger partial charge in [-0.05, 0) is 49.4 Å². The van der Waals surface area contributed by atoms with Crippen LogP contribution in [0.15, 0.2) is 0 Å². The Hall–Kier alpha value is -0.660. The van der Waals surface area contributed by atoms with Gasteiger partial charge in [0.15, 0.2) is 0 Å². The molecule has 5 fully saturated rings. The Morgan fingerprint density at radius 1 is 0.458 bits per heavy atom. The summed E-state index contributed by atoms with van der Waals surface area (Å²) < 4.78 is 0. The van der Waals surface area contributed by atoms with E-state index in [-0.39, 0.29) is 23.7 Å². The van der Waals surface area contributed by atoms with Crippen molar-refractivity contribution in [1.82, 2.24) is 0 Å². The van der Waals surface area contributed by atoms with Crippen molar-refractivity contribution in [3.8, 4) is 0 Å². The molecule has 0 heterocycles. The molecule has 0 aromatic heterocycles. The third-order valence-electron chi connectivity index (χ3n) is 8.79. The van der Waals surface area contributed by atoms with Crippen LogP contribution in [-0.4, -0.2) is 11.6 Å². The molecule has 5 aliphatic rings. The molecule has 0 bridgehead atoms. The molecule has 24 heavy (non-hydrogen) atoms. The van der Waals surface area contributed by atoms with Gasteiger partial charge in [0.25, 0.3) is 0 Å². The fourth-order valence-electron chi connectivity index (χ4n) is 7.58. The van der Waals surface area contributed by atoms with Gasteiger partial charge < -0.3 is 0 Å². The van der Waals surface area contributed by atoms with E-state index in [9.17, 15) is 9.59 Å². The fraction of sp³-hybridized carbons (Fsp3) is 0.909. The maximum Gasteiger partial charge on any atom is 0.140 e. The molecule has 0 saturated heterocycles. The Kier molecular flexibility index (Phi) is 3.87. The number of hydrogen-bond donors (Lipinski definition) is 0. The van der Waals surface area contributed by atoms with Crippen LogP contribution in [0.2, 0.25) is 0 Å². The van der Waals surface area contributed by atoms with E-state index in [1.807, 2.05) is 0 Å². The van der Waals surface area contributed by atoms with E-state index < -0.39 is 0 Å². The highest BCUT2D eigenvalue weighted by Crippen LogP contribution is 2.55. The van der Waals surface area contributed by atoms with Crippen LogP contribution in [0.1, 0.15) is 77.0 Å². The zero-order valence-corrected chi connectivity index (χ0v) is 14.9. The van der Waals surface area contributed by atoms with Gasteiger partial charge in [0.2, 0.25) is 0 Å². The highest BCUT2D eigenvalue weighted by atomic mass is 16.1. The van der Waals surface area contributed by atoms with Gasteiger partial charge in [-0.3, -0.25) is 9.59 Å². The first-order valence-electron chi connectivity index (χ1n) is 10.8. The van der Waals surface area contributed by atoms with E-state index in [1.165, 1.54) is 51.4 Å². The van der Waals surface area contributed by atoms with Crippen molar-refractivity contribution in [3.63, 3.8) is 0 Å². The predicted molar refractivity (Wildman–Crippen MR) is 93.3 cm³/mol. The number of hydrogen-bond acceptors (Lipinski definition) is 2. The van der Waals surface area contributed by atoms with Crippen molar-refractivity contribution < 1.29 is 9.59 Å². The SMILES string of the molecule is O=C1C2CC3CCCCC3CC2C(=O)C2CC3CCCCC3CC12. The van der Waals surface area contributed by atoms with Gasteiger partial charge in [0.05, 0.1) is 0 Å². The summed E-state index contributed by atoms with van der Waals surface area (Å²) >= 11 is 0. The van der Waals surface area contributed by atoms with Crippen molar-refractivity contribution >= 4 is 11.6 Å². The van der Waals surface area contributed by atoms with E-state index in [1.54, 1.807) is 0 Å². The van der Waals surface area contributed by atoms with E-state index in [4.69, 9.17) is 0 Å². The first-order chi connectivity index (χ1) is 11.7. The van der Waals surface area contributed by atoms with Crippen LogP contribution in [-0.2, 0) is 9.59 Å². The topological polar surface area (TPSA) is 34.1 Å². The minimum Gasteiger partial charge on any atom is -0.299 e. The van der Waals surface area contributed by atoms with E-state index in [2.05, 4.69) is 0 Å². The zero-order chi connectivity index (χ0) is 16.3. The van der Waals surface area contributed by atoms with E-state index in [0.29, 0.717) is 11.6 Å². The summed E-state index contributed by atoms with van der Waals surface area (Å²) in [6.45, 7) is 0. The second kappa shape index (κ2) is 5.95. The summed E-state index contributed by atoms with van der Waals surface area (Å²) in [6, 6.07) is 0. The summed E-state index contributed by atoms with van der Waals surface area (Å²) in [5.74, 6) is 4.49. The lowest BCUT2D eigenvalue weighted by Crippen LogP contribution is -2.54. The molecular weight excluding hydrogens is 296 g/mol. The van der Waals surface area contributed by atoms with Gasteiger partial charge in [0.1, 0.15) is 11.6 Å². The maximum atomic E-state index is 13.3. The van der Waals surface area contributed by atoms with Gasteiger partial charge in [-0.1, -0.05) is 51.4 Å². The number of carbonyl (C=O) groups excluding carboxylic acids is 2. The molecular formula is C22H32O2. The number of rotatable bonds is 0. The summed E-state index contributed by atoms with van der Waals surface area (Å²) in [7, 11) is 0. The number of ketones is 2. The number of carbonyl (C=O) groups is 2. The molecule has 5 saturated carbocycles. The molecule has 2 nitrogen and oxygen atoms in total. The monoisotopic (exact) mass is 328 g/mol. The molecule has 0 N–H and O–H groups in total. The standard InChI is InChI=1S/C22H32O2/c23-21-17-9-13-5-1-2-6-14(13)10-18(17)22(24)20-12-16-8-4-3-7-15(16)11-19(20)21/h13-20H,1-12H2. The lowest BCUT2D eigenvalue weighted by molar-refractivity contribution is -0.156. The zero-order valence-electron chi connectivity index (χ0n) is 14.9. The average Bonchev–Trinajstić information content (AvgIpc) is 2.64. The van der Waals surface area contributed by atoms with Crippen molar-refractivity contribution in [1.29, 1.82) is 0 Å². The Morgan fingerprint density at radius 2 is 0.708 bits per heavy atom. The third kappa shape index (κ3) is 2.35. The Bertz CT molecular complexity index is 446. The summed E-state index contributed by atoms with van der Waals surface area (Å²) in [6.07, 6.45) is 14.8.